The standard InChI is InChI=1S/C48H27N5O/c49-28-34-14-9-15-35(29-50)47(34)32-19-22-45-39(24-32)40-26-36(20-23-46(40)54-45)53-43-17-8-7-16-37(43)38-25-33(18-21-44(38)53)48-51-41(30-10-3-1-4-11-30)27-42(52-48)31-12-5-2-6-13-31/h1-27H. The third-order valence-electron chi connectivity index (χ3n) is 10.1. The van der Waals surface area contributed by atoms with E-state index < -0.39 is 0 Å². The second-order valence-corrected chi connectivity index (χ2v) is 13.2. The molecule has 0 spiro atoms. The molecular weight excluding hydrogens is 663 g/mol. The van der Waals surface area contributed by atoms with Gasteiger partial charge in [-0.25, -0.2) is 9.97 Å². The molecule has 0 N–H and O–H groups in total. The van der Waals surface area contributed by atoms with Crippen LogP contribution in [-0.4, -0.2) is 14.5 Å². The highest BCUT2D eigenvalue weighted by molar-refractivity contribution is 6.12. The van der Waals surface area contributed by atoms with Gasteiger partial charge in [0.05, 0.1) is 45.7 Å². The van der Waals surface area contributed by atoms with Gasteiger partial charge in [-0.3, -0.25) is 0 Å². The Bertz CT molecular complexity index is 3090. The molecule has 0 radical (unpaired) electrons. The molecule has 3 aromatic heterocycles. The first kappa shape index (κ1) is 31.0. The van der Waals surface area contributed by atoms with Crippen molar-refractivity contribution in [3.05, 3.63) is 175 Å². The van der Waals surface area contributed by atoms with E-state index in [1.54, 1.807) is 18.2 Å². The summed E-state index contributed by atoms with van der Waals surface area (Å²) in [6.45, 7) is 0. The molecule has 0 saturated carbocycles. The second kappa shape index (κ2) is 12.5. The van der Waals surface area contributed by atoms with E-state index in [1.165, 1.54) is 0 Å². The fraction of sp³-hybridized carbons (Fsp3) is 0. The molecule has 0 fully saturated rings. The summed E-state index contributed by atoms with van der Waals surface area (Å²) in [5.41, 5.74) is 11.7. The molecule has 10 aromatic rings. The van der Waals surface area contributed by atoms with Gasteiger partial charge in [0.25, 0.3) is 0 Å². The van der Waals surface area contributed by atoms with Gasteiger partial charge in [0.15, 0.2) is 5.82 Å². The predicted molar refractivity (Wildman–Crippen MR) is 215 cm³/mol. The van der Waals surface area contributed by atoms with E-state index in [4.69, 9.17) is 14.4 Å². The van der Waals surface area contributed by atoms with Crippen LogP contribution < -0.4 is 0 Å². The average Bonchev–Trinajstić information content (AvgIpc) is 3.78. The van der Waals surface area contributed by atoms with E-state index in [2.05, 4.69) is 102 Å². The summed E-state index contributed by atoms with van der Waals surface area (Å²) in [7, 11) is 0. The lowest BCUT2D eigenvalue weighted by molar-refractivity contribution is 0.669. The van der Waals surface area contributed by atoms with E-state index in [-0.39, 0.29) is 0 Å². The van der Waals surface area contributed by atoms with Gasteiger partial charge in [-0.05, 0) is 78.4 Å². The third-order valence-corrected chi connectivity index (χ3v) is 10.1. The maximum absolute atomic E-state index is 9.87. The van der Waals surface area contributed by atoms with Gasteiger partial charge >= 0.3 is 0 Å². The number of aromatic nitrogens is 3. The minimum absolute atomic E-state index is 0.458. The van der Waals surface area contributed by atoms with Crippen molar-refractivity contribution in [2.24, 2.45) is 0 Å². The Hall–Kier alpha value is -7.80. The number of fused-ring (bicyclic) bond motifs is 6. The van der Waals surface area contributed by atoms with Crippen molar-refractivity contribution in [3.63, 3.8) is 0 Å². The van der Waals surface area contributed by atoms with Crippen LogP contribution in [0.1, 0.15) is 11.1 Å². The Morgan fingerprint density at radius 2 is 1.02 bits per heavy atom. The highest BCUT2D eigenvalue weighted by Gasteiger charge is 2.18. The first-order chi connectivity index (χ1) is 26.7. The number of nitriles is 2. The molecule has 0 aliphatic carbocycles. The Morgan fingerprint density at radius 1 is 0.444 bits per heavy atom. The number of furan rings is 1. The molecule has 0 atom stereocenters. The van der Waals surface area contributed by atoms with Crippen LogP contribution in [0, 0.1) is 22.7 Å². The maximum atomic E-state index is 9.87. The lowest BCUT2D eigenvalue weighted by Crippen LogP contribution is -1.96. The van der Waals surface area contributed by atoms with Crippen LogP contribution >= 0.6 is 0 Å². The van der Waals surface area contributed by atoms with Gasteiger partial charge < -0.3 is 8.98 Å². The van der Waals surface area contributed by atoms with Crippen LogP contribution in [0.3, 0.4) is 0 Å². The molecule has 250 valence electrons. The van der Waals surface area contributed by atoms with Crippen LogP contribution in [-0.2, 0) is 0 Å². The van der Waals surface area contributed by atoms with Gasteiger partial charge in [0.2, 0.25) is 0 Å². The van der Waals surface area contributed by atoms with Crippen molar-refractivity contribution in [3.8, 4) is 62.9 Å². The number of hydrogen-bond donors (Lipinski definition) is 0. The van der Waals surface area contributed by atoms with Crippen molar-refractivity contribution in [2.45, 2.75) is 0 Å². The summed E-state index contributed by atoms with van der Waals surface area (Å²) in [6.07, 6.45) is 0. The SMILES string of the molecule is N#Cc1cccc(C#N)c1-c1ccc2oc3ccc(-n4c5ccccc5c5cc(-c6nc(-c7ccccc7)cc(-c7ccccc7)n6)ccc54)cc3c2c1. The number of rotatable bonds is 5. The Labute approximate surface area is 310 Å². The van der Waals surface area contributed by atoms with E-state index >= 15 is 0 Å². The second-order valence-electron chi connectivity index (χ2n) is 13.2. The zero-order valence-corrected chi connectivity index (χ0v) is 28.7. The molecule has 7 aromatic carbocycles. The normalized spacial score (nSPS) is 11.3. The highest BCUT2D eigenvalue weighted by atomic mass is 16.3. The summed E-state index contributed by atoms with van der Waals surface area (Å²) in [5, 5.41) is 23.8. The predicted octanol–water partition coefficient (Wildman–Crippen LogP) is 11.9. The summed E-state index contributed by atoms with van der Waals surface area (Å²) in [4.78, 5) is 10.2. The van der Waals surface area contributed by atoms with Crippen LogP contribution in [0.25, 0.3) is 94.5 Å². The highest BCUT2D eigenvalue weighted by Crippen LogP contribution is 2.39. The smallest absolute Gasteiger partial charge is 0.160 e. The monoisotopic (exact) mass is 689 g/mol. The van der Waals surface area contributed by atoms with Gasteiger partial charge in [0, 0.05) is 49.5 Å². The number of nitrogens with zero attached hydrogens (tertiary/aromatic N) is 5. The molecule has 54 heavy (non-hydrogen) atoms. The molecule has 3 heterocycles. The van der Waals surface area contributed by atoms with Gasteiger partial charge in [-0.2, -0.15) is 10.5 Å². The first-order valence-electron chi connectivity index (χ1n) is 17.6. The molecule has 0 unspecified atom stereocenters. The van der Waals surface area contributed by atoms with Crippen LogP contribution in [0.2, 0.25) is 0 Å². The number of para-hydroxylation sites is 1. The van der Waals surface area contributed by atoms with E-state index in [0.29, 0.717) is 22.5 Å². The molecule has 0 amide bonds. The molecule has 0 saturated heterocycles. The minimum atomic E-state index is 0.458. The number of hydrogen-bond acceptors (Lipinski definition) is 5. The zero-order chi connectivity index (χ0) is 36.2. The summed E-state index contributed by atoms with van der Waals surface area (Å²) >= 11 is 0. The van der Waals surface area contributed by atoms with Crippen molar-refractivity contribution < 1.29 is 4.42 Å². The Kier molecular flexibility index (Phi) is 7.15. The summed E-state index contributed by atoms with van der Waals surface area (Å²) in [6, 6.07) is 59.3. The van der Waals surface area contributed by atoms with Gasteiger partial charge in [0.1, 0.15) is 11.2 Å². The maximum Gasteiger partial charge on any atom is 0.160 e. The van der Waals surface area contributed by atoms with Crippen molar-refractivity contribution in [2.75, 3.05) is 0 Å². The quantitative estimate of drug-likeness (QED) is 0.179. The average molecular weight is 690 g/mol. The molecular formula is C48H27N5O. The van der Waals surface area contributed by atoms with Crippen molar-refractivity contribution in [1.29, 1.82) is 10.5 Å². The largest absolute Gasteiger partial charge is 0.456 e. The van der Waals surface area contributed by atoms with Crippen LogP contribution in [0.5, 0.6) is 0 Å². The van der Waals surface area contributed by atoms with Gasteiger partial charge in [-0.15, -0.1) is 0 Å². The lowest BCUT2D eigenvalue weighted by atomic mass is 9.94. The van der Waals surface area contributed by atoms with Crippen LogP contribution in [0.15, 0.2) is 168 Å². The van der Waals surface area contributed by atoms with Crippen molar-refractivity contribution >= 4 is 43.7 Å². The molecule has 6 nitrogen and oxygen atoms in total. The summed E-state index contributed by atoms with van der Waals surface area (Å²) < 4.78 is 8.58. The lowest BCUT2D eigenvalue weighted by Gasteiger charge is -2.10. The van der Waals surface area contributed by atoms with Crippen LogP contribution in [0.4, 0.5) is 0 Å². The minimum Gasteiger partial charge on any atom is -0.456 e. The fourth-order valence-electron chi connectivity index (χ4n) is 7.59. The Balaban J connectivity index is 1.15. The van der Waals surface area contributed by atoms with E-state index in [9.17, 15) is 10.5 Å². The summed E-state index contributed by atoms with van der Waals surface area (Å²) in [5.74, 6) is 0.661. The molecule has 0 aliphatic rings. The molecule has 6 heteroatoms. The van der Waals surface area contributed by atoms with Gasteiger partial charge in [-0.1, -0.05) is 91.0 Å². The fourth-order valence-corrected chi connectivity index (χ4v) is 7.59. The molecule has 10 rings (SSSR count). The molecule has 0 bridgehead atoms. The topological polar surface area (TPSA) is 91.4 Å². The first-order valence-corrected chi connectivity index (χ1v) is 17.6. The third kappa shape index (κ3) is 5.02. The zero-order valence-electron chi connectivity index (χ0n) is 28.7. The van der Waals surface area contributed by atoms with Crippen molar-refractivity contribution in [1.82, 2.24) is 14.5 Å². The Morgan fingerprint density at radius 3 is 1.70 bits per heavy atom. The molecule has 0 aliphatic heterocycles. The number of benzene rings is 7. The van der Waals surface area contributed by atoms with E-state index in [1.807, 2.05) is 60.7 Å². The van der Waals surface area contributed by atoms with E-state index in [0.717, 1.165) is 83.1 Å².